The van der Waals surface area contributed by atoms with Crippen molar-refractivity contribution in [3.05, 3.63) is 36.0 Å². The van der Waals surface area contributed by atoms with Crippen molar-refractivity contribution in [3.8, 4) is 5.75 Å². The van der Waals surface area contributed by atoms with Gasteiger partial charge in [-0.2, -0.15) is 4.57 Å². The van der Waals surface area contributed by atoms with E-state index in [4.69, 9.17) is 4.74 Å². The summed E-state index contributed by atoms with van der Waals surface area (Å²) < 4.78 is 7.96. The van der Waals surface area contributed by atoms with E-state index in [2.05, 4.69) is 29.7 Å². The van der Waals surface area contributed by atoms with Gasteiger partial charge in [0.2, 0.25) is 0 Å². The van der Waals surface area contributed by atoms with Crippen LogP contribution in [-0.2, 0) is 6.54 Å². The van der Waals surface area contributed by atoms with Crippen molar-refractivity contribution in [3.63, 3.8) is 0 Å². The second-order valence-corrected chi connectivity index (χ2v) is 3.67. The first kappa shape index (κ1) is 7.80. The molecule has 0 atom stereocenters. The van der Waals surface area contributed by atoms with Crippen molar-refractivity contribution in [1.82, 2.24) is 0 Å². The van der Waals surface area contributed by atoms with Gasteiger partial charge >= 0.3 is 0 Å². The minimum Gasteiger partial charge on any atom is -0.480 e. The molecule has 3 rings (SSSR count). The van der Waals surface area contributed by atoms with Gasteiger partial charge in [0.25, 0.3) is 5.52 Å². The lowest BCUT2D eigenvalue weighted by molar-refractivity contribution is -0.682. The second kappa shape index (κ2) is 2.71. The Kier molecular flexibility index (Phi) is 1.51. The van der Waals surface area contributed by atoms with Crippen LogP contribution in [0.25, 0.3) is 10.9 Å². The Morgan fingerprint density at radius 1 is 1.21 bits per heavy atom. The third kappa shape index (κ3) is 0.939. The fourth-order valence-electron chi connectivity index (χ4n) is 2.09. The van der Waals surface area contributed by atoms with Crippen LogP contribution in [-0.4, -0.2) is 6.61 Å². The summed E-state index contributed by atoms with van der Waals surface area (Å²) in [5.41, 5.74) is 2.53. The monoisotopic (exact) mass is 186 g/mol. The molecular formula is C12H12NO+. The van der Waals surface area contributed by atoms with E-state index >= 15 is 0 Å². The molecule has 0 saturated carbocycles. The third-order valence-electron chi connectivity index (χ3n) is 2.80. The number of nitrogens with zero attached hydrogens (tertiary/aromatic N) is 1. The molecule has 2 aromatic rings. The summed E-state index contributed by atoms with van der Waals surface area (Å²) in [6, 6.07) is 10.5. The quantitative estimate of drug-likeness (QED) is 0.572. The van der Waals surface area contributed by atoms with Gasteiger partial charge in [0, 0.05) is 13.0 Å². The average Bonchev–Trinajstić information content (AvgIpc) is 2.24. The van der Waals surface area contributed by atoms with E-state index in [1.54, 1.807) is 0 Å². The van der Waals surface area contributed by atoms with Gasteiger partial charge in [0.15, 0.2) is 18.0 Å². The first-order chi connectivity index (χ1) is 6.86. The molecule has 1 aromatic carbocycles. The number of aromatic nitrogens is 1. The highest BCUT2D eigenvalue weighted by Crippen LogP contribution is 2.24. The fourth-order valence-corrected chi connectivity index (χ4v) is 2.09. The number of hydrogen-bond donors (Lipinski definition) is 0. The maximum Gasteiger partial charge on any atom is 0.255 e. The fraction of sp³-hybridized carbons (Fsp3) is 0.250. The van der Waals surface area contributed by atoms with E-state index in [9.17, 15) is 0 Å². The van der Waals surface area contributed by atoms with Crippen molar-refractivity contribution in [2.45, 2.75) is 13.5 Å². The second-order valence-electron chi connectivity index (χ2n) is 3.67. The number of rotatable bonds is 0. The highest BCUT2D eigenvalue weighted by Gasteiger charge is 2.21. The summed E-state index contributed by atoms with van der Waals surface area (Å²) in [5, 5.41) is 1.26. The van der Waals surface area contributed by atoms with Gasteiger partial charge in [-0.05, 0) is 18.2 Å². The van der Waals surface area contributed by atoms with Crippen LogP contribution in [0.3, 0.4) is 0 Å². The van der Waals surface area contributed by atoms with Crippen LogP contribution in [0.5, 0.6) is 5.75 Å². The molecule has 0 radical (unpaired) electrons. The summed E-state index contributed by atoms with van der Waals surface area (Å²) in [6.07, 6.45) is 0. The predicted octanol–water partition coefficient (Wildman–Crippen LogP) is 1.83. The van der Waals surface area contributed by atoms with Crippen molar-refractivity contribution in [2.75, 3.05) is 6.61 Å². The molecule has 1 aliphatic heterocycles. The number of benzene rings is 1. The van der Waals surface area contributed by atoms with Crippen LogP contribution in [0, 0.1) is 6.92 Å². The van der Waals surface area contributed by atoms with Crippen LogP contribution in [0.1, 0.15) is 5.69 Å². The SMILES string of the molecule is Cc1ccc2cccc3c2[n+]1CCO3. The van der Waals surface area contributed by atoms with Gasteiger partial charge < -0.3 is 4.74 Å². The van der Waals surface area contributed by atoms with Crippen LogP contribution < -0.4 is 9.30 Å². The molecule has 2 heterocycles. The Balaban J connectivity index is 2.50. The highest BCUT2D eigenvalue weighted by atomic mass is 16.5. The van der Waals surface area contributed by atoms with E-state index < -0.39 is 0 Å². The molecule has 0 amide bonds. The molecule has 14 heavy (non-hydrogen) atoms. The van der Waals surface area contributed by atoms with Gasteiger partial charge in [-0.25, -0.2) is 0 Å². The minimum absolute atomic E-state index is 0.779. The maximum atomic E-state index is 5.63. The molecule has 2 nitrogen and oxygen atoms in total. The van der Waals surface area contributed by atoms with E-state index in [0.29, 0.717) is 0 Å². The normalized spacial score (nSPS) is 14.1. The zero-order valence-corrected chi connectivity index (χ0v) is 8.16. The predicted molar refractivity (Wildman–Crippen MR) is 54.4 cm³/mol. The Labute approximate surface area is 82.7 Å². The van der Waals surface area contributed by atoms with Gasteiger partial charge in [0.1, 0.15) is 6.61 Å². The van der Waals surface area contributed by atoms with E-state index in [1.807, 2.05) is 12.1 Å². The summed E-state index contributed by atoms with van der Waals surface area (Å²) in [5.74, 6) is 1.01. The van der Waals surface area contributed by atoms with Crippen molar-refractivity contribution in [2.24, 2.45) is 0 Å². The Morgan fingerprint density at radius 3 is 3.07 bits per heavy atom. The minimum atomic E-state index is 0.779. The number of hydrogen-bond acceptors (Lipinski definition) is 1. The first-order valence-corrected chi connectivity index (χ1v) is 4.91. The molecule has 0 bridgehead atoms. The lowest BCUT2D eigenvalue weighted by Gasteiger charge is -2.14. The number of ether oxygens (including phenoxy) is 1. The topological polar surface area (TPSA) is 13.1 Å². The third-order valence-corrected chi connectivity index (χ3v) is 2.80. The summed E-state index contributed by atoms with van der Waals surface area (Å²) in [6.45, 7) is 3.88. The Morgan fingerprint density at radius 2 is 2.14 bits per heavy atom. The van der Waals surface area contributed by atoms with Crippen molar-refractivity contribution in [1.29, 1.82) is 0 Å². The standard InChI is InChI=1S/C12H12NO/c1-9-5-6-10-3-2-4-11-12(10)13(9)7-8-14-11/h2-6H,7-8H2,1H3/q+1. The van der Waals surface area contributed by atoms with E-state index in [1.165, 1.54) is 16.6 Å². The lowest BCUT2D eigenvalue weighted by Crippen LogP contribution is -2.43. The first-order valence-electron chi connectivity index (χ1n) is 4.91. The van der Waals surface area contributed by atoms with Gasteiger partial charge in [0.05, 0.1) is 5.39 Å². The molecule has 0 unspecified atom stereocenters. The molecule has 0 aliphatic carbocycles. The highest BCUT2D eigenvalue weighted by molar-refractivity contribution is 5.81. The molecule has 1 aliphatic rings. The van der Waals surface area contributed by atoms with Gasteiger partial charge in [-0.15, -0.1) is 0 Å². The van der Waals surface area contributed by atoms with Crippen LogP contribution in [0.2, 0.25) is 0 Å². The van der Waals surface area contributed by atoms with Gasteiger partial charge in [-0.3, -0.25) is 0 Å². The van der Waals surface area contributed by atoms with Crippen molar-refractivity contribution >= 4 is 10.9 Å². The zero-order valence-electron chi connectivity index (χ0n) is 8.16. The number of pyridine rings is 1. The smallest absolute Gasteiger partial charge is 0.255 e. The molecule has 0 N–H and O–H groups in total. The van der Waals surface area contributed by atoms with E-state index in [-0.39, 0.29) is 0 Å². The van der Waals surface area contributed by atoms with Crippen LogP contribution >= 0.6 is 0 Å². The molecule has 0 fully saturated rings. The molecule has 2 heteroatoms. The largest absolute Gasteiger partial charge is 0.480 e. The number of para-hydroxylation sites is 1. The Bertz CT molecular complexity index is 505. The molecule has 0 spiro atoms. The number of aryl methyl sites for hydroxylation is 1. The molecule has 0 saturated heterocycles. The summed E-state index contributed by atoms with van der Waals surface area (Å²) >= 11 is 0. The van der Waals surface area contributed by atoms with Crippen LogP contribution in [0.15, 0.2) is 30.3 Å². The molecule has 1 aromatic heterocycles. The molecule has 70 valence electrons. The maximum absolute atomic E-state index is 5.63. The summed E-state index contributed by atoms with van der Waals surface area (Å²) in [4.78, 5) is 0. The van der Waals surface area contributed by atoms with Crippen molar-refractivity contribution < 1.29 is 9.30 Å². The van der Waals surface area contributed by atoms with E-state index in [0.717, 1.165) is 18.9 Å². The Hall–Kier alpha value is -1.57. The zero-order chi connectivity index (χ0) is 9.54. The summed E-state index contributed by atoms with van der Waals surface area (Å²) in [7, 11) is 0. The lowest BCUT2D eigenvalue weighted by atomic mass is 10.1. The van der Waals surface area contributed by atoms with Gasteiger partial charge in [-0.1, -0.05) is 6.07 Å². The van der Waals surface area contributed by atoms with Crippen LogP contribution in [0.4, 0.5) is 0 Å². The average molecular weight is 186 g/mol. The molecular weight excluding hydrogens is 174 g/mol.